The molecule has 1 amide bonds. The second-order valence-corrected chi connectivity index (χ2v) is 6.85. The van der Waals surface area contributed by atoms with Gasteiger partial charge in [0, 0.05) is 24.4 Å². The second kappa shape index (κ2) is 9.02. The zero-order valence-electron chi connectivity index (χ0n) is 14.5. The van der Waals surface area contributed by atoms with Gasteiger partial charge in [-0.2, -0.15) is 0 Å². The molecule has 2 aromatic carbocycles. The molecule has 3 nitrogen and oxygen atoms in total. The van der Waals surface area contributed by atoms with E-state index in [4.69, 9.17) is 5.73 Å². The van der Waals surface area contributed by atoms with Crippen LogP contribution >= 0.6 is 12.4 Å². The van der Waals surface area contributed by atoms with Crippen molar-refractivity contribution >= 4 is 18.3 Å². The normalized spacial score (nSPS) is 16.7. The van der Waals surface area contributed by atoms with Crippen LogP contribution in [0.5, 0.6) is 0 Å². The summed E-state index contributed by atoms with van der Waals surface area (Å²) >= 11 is 0. The first-order valence-electron chi connectivity index (χ1n) is 8.82. The van der Waals surface area contributed by atoms with E-state index in [9.17, 15) is 4.79 Å². The Labute approximate surface area is 156 Å². The fourth-order valence-electron chi connectivity index (χ4n) is 3.77. The first-order chi connectivity index (χ1) is 11.7. The molecule has 3 rings (SSSR count). The highest BCUT2D eigenvalue weighted by molar-refractivity contribution is 5.85. The number of benzene rings is 2. The van der Waals surface area contributed by atoms with Crippen molar-refractivity contribution in [1.29, 1.82) is 0 Å². The van der Waals surface area contributed by atoms with Crippen molar-refractivity contribution in [1.82, 2.24) is 5.32 Å². The Balaban J connectivity index is 0.00000225. The van der Waals surface area contributed by atoms with E-state index in [2.05, 4.69) is 29.6 Å². The van der Waals surface area contributed by atoms with Crippen LogP contribution in [0.2, 0.25) is 0 Å². The first-order valence-corrected chi connectivity index (χ1v) is 8.82. The molecule has 1 saturated carbocycles. The zero-order chi connectivity index (χ0) is 16.8. The number of rotatable bonds is 6. The van der Waals surface area contributed by atoms with Gasteiger partial charge in [0.2, 0.25) is 5.91 Å². The van der Waals surface area contributed by atoms with Gasteiger partial charge in [-0.05, 0) is 24.0 Å². The quantitative estimate of drug-likeness (QED) is 0.815. The predicted octanol–water partition coefficient (Wildman–Crippen LogP) is 4.13. The Kier molecular flexibility index (Phi) is 7.03. The maximum atomic E-state index is 12.4. The van der Waals surface area contributed by atoms with E-state index >= 15 is 0 Å². The van der Waals surface area contributed by atoms with Crippen LogP contribution in [0.3, 0.4) is 0 Å². The minimum Gasteiger partial charge on any atom is -0.355 e. The fraction of sp³-hybridized carbons (Fsp3) is 0.381. The summed E-state index contributed by atoms with van der Waals surface area (Å²) in [6, 6.07) is 20.2. The van der Waals surface area contributed by atoms with Crippen molar-refractivity contribution in [2.24, 2.45) is 5.73 Å². The largest absolute Gasteiger partial charge is 0.355 e. The zero-order valence-corrected chi connectivity index (χ0v) is 15.3. The van der Waals surface area contributed by atoms with Crippen molar-refractivity contribution in [3.05, 3.63) is 71.8 Å². The molecule has 0 aliphatic heterocycles. The van der Waals surface area contributed by atoms with Crippen LogP contribution in [-0.4, -0.2) is 12.5 Å². The van der Waals surface area contributed by atoms with Crippen molar-refractivity contribution in [2.75, 3.05) is 6.54 Å². The van der Waals surface area contributed by atoms with E-state index in [-0.39, 0.29) is 29.8 Å². The lowest BCUT2D eigenvalue weighted by Crippen LogP contribution is -2.39. The molecular weight excluding hydrogens is 332 g/mol. The van der Waals surface area contributed by atoms with Gasteiger partial charge in [0.05, 0.1) is 0 Å². The summed E-state index contributed by atoms with van der Waals surface area (Å²) in [4.78, 5) is 12.4. The van der Waals surface area contributed by atoms with Crippen molar-refractivity contribution < 1.29 is 4.79 Å². The fourth-order valence-corrected chi connectivity index (χ4v) is 3.77. The molecule has 1 atom stereocenters. The molecule has 134 valence electrons. The average molecular weight is 359 g/mol. The van der Waals surface area contributed by atoms with E-state index in [0.717, 1.165) is 18.4 Å². The van der Waals surface area contributed by atoms with Crippen LogP contribution in [0.15, 0.2) is 60.7 Å². The van der Waals surface area contributed by atoms with E-state index in [1.54, 1.807) is 0 Å². The Morgan fingerprint density at radius 3 is 2.16 bits per heavy atom. The Morgan fingerprint density at radius 1 is 1.00 bits per heavy atom. The van der Waals surface area contributed by atoms with Gasteiger partial charge in [-0.3, -0.25) is 4.79 Å². The lowest BCUT2D eigenvalue weighted by atomic mass is 9.79. The molecule has 1 unspecified atom stereocenters. The summed E-state index contributed by atoms with van der Waals surface area (Å²) in [7, 11) is 0. The van der Waals surface area contributed by atoms with Crippen LogP contribution in [-0.2, 0) is 10.2 Å². The number of nitrogens with one attached hydrogen (secondary N) is 1. The Hall–Kier alpha value is -1.84. The minimum absolute atomic E-state index is 0. The van der Waals surface area contributed by atoms with E-state index < -0.39 is 0 Å². The Bertz CT molecular complexity index is 654. The van der Waals surface area contributed by atoms with Crippen molar-refractivity contribution in [3.63, 3.8) is 0 Å². The van der Waals surface area contributed by atoms with Crippen molar-refractivity contribution in [3.8, 4) is 0 Å². The maximum absolute atomic E-state index is 12.4. The molecule has 1 aliphatic rings. The van der Waals surface area contributed by atoms with Crippen LogP contribution in [0.4, 0.5) is 0 Å². The highest BCUT2D eigenvalue weighted by Crippen LogP contribution is 2.40. The van der Waals surface area contributed by atoms with E-state index in [0.29, 0.717) is 13.0 Å². The summed E-state index contributed by atoms with van der Waals surface area (Å²) < 4.78 is 0. The van der Waals surface area contributed by atoms with Gasteiger partial charge in [-0.25, -0.2) is 0 Å². The molecule has 0 spiro atoms. The molecule has 4 heteroatoms. The molecule has 25 heavy (non-hydrogen) atoms. The number of carbonyl (C=O) groups is 1. The molecule has 0 saturated heterocycles. The van der Waals surface area contributed by atoms with Gasteiger partial charge >= 0.3 is 0 Å². The van der Waals surface area contributed by atoms with Gasteiger partial charge in [0.15, 0.2) is 0 Å². The van der Waals surface area contributed by atoms with Gasteiger partial charge in [0.25, 0.3) is 0 Å². The first kappa shape index (κ1) is 19.5. The number of amides is 1. The predicted molar refractivity (Wildman–Crippen MR) is 105 cm³/mol. The lowest BCUT2D eigenvalue weighted by molar-refractivity contribution is -0.121. The second-order valence-electron chi connectivity index (χ2n) is 6.85. The molecule has 0 heterocycles. The monoisotopic (exact) mass is 358 g/mol. The molecule has 3 N–H and O–H groups in total. The molecule has 0 aromatic heterocycles. The standard InChI is InChI=1S/C21H26N2O.ClH/c22-19(17-9-3-1-4-10-17)15-20(24)23-16-21(13-7-8-14-21)18-11-5-2-6-12-18;/h1-6,9-12,19H,7-8,13-16,22H2,(H,23,24);1H. The maximum Gasteiger partial charge on any atom is 0.221 e. The van der Waals surface area contributed by atoms with Gasteiger partial charge < -0.3 is 11.1 Å². The summed E-state index contributed by atoms with van der Waals surface area (Å²) in [5, 5.41) is 3.15. The van der Waals surface area contributed by atoms with Crippen LogP contribution in [0, 0.1) is 0 Å². The number of carbonyl (C=O) groups excluding carboxylic acids is 1. The molecular formula is C21H27ClN2O. The number of halogens is 1. The summed E-state index contributed by atoms with van der Waals surface area (Å²) in [6.07, 6.45) is 5.07. The van der Waals surface area contributed by atoms with Gasteiger partial charge in [-0.15, -0.1) is 12.4 Å². The molecule has 1 aliphatic carbocycles. The topological polar surface area (TPSA) is 55.1 Å². The smallest absolute Gasteiger partial charge is 0.221 e. The number of nitrogens with two attached hydrogens (primary N) is 1. The summed E-state index contributed by atoms with van der Waals surface area (Å²) in [6.45, 7) is 0.706. The van der Waals surface area contributed by atoms with Crippen molar-refractivity contribution in [2.45, 2.75) is 43.6 Å². The van der Waals surface area contributed by atoms with Gasteiger partial charge in [0.1, 0.15) is 0 Å². The highest BCUT2D eigenvalue weighted by atomic mass is 35.5. The Morgan fingerprint density at radius 2 is 1.56 bits per heavy atom. The van der Waals surface area contributed by atoms with E-state index in [1.807, 2.05) is 36.4 Å². The van der Waals surface area contributed by atoms with Crippen LogP contribution in [0.1, 0.15) is 49.3 Å². The van der Waals surface area contributed by atoms with E-state index in [1.165, 1.54) is 18.4 Å². The molecule has 1 fully saturated rings. The SMILES string of the molecule is Cl.NC(CC(=O)NCC1(c2ccccc2)CCCC1)c1ccccc1. The third-order valence-electron chi connectivity index (χ3n) is 5.20. The highest BCUT2D eigenvalue weighted by Gasteiger charge is 2.35. The van der Waals surface area contributed by atoms with Crippen LogP contribution in [0.25, 0.3) is 0 Å². The minimum atomic E-state index is -0.248. The number of hydrogen-bond donors (Lipinski definition) is 2. The molecule has 0 bridgehead atoms. The third-order valence-corrected chi connectivity index (χ3v) is 5.20. The lowest BCUT2D eigenvalue weighted by Gasteiger charge is -2.30. The van der Waals surface area contributed by atoms with Crippen LogP contribution < -0.4 is 11.1 Å². The molecule has 2 aromatic rings. The summed E-state index contributed by atoms with van der Waals surface area (Å²) in [5.41, 5.74) is 8.60. The third kappa shape index (κ3) is 4.83. The molecule has 0 radical (unpaired) electrons. The van der Waals surface area contributed by atoms with Gasteiger partial charge in [-0.1, -0.05) is 73.5 Å². The number of hydrogen-bond acceptors (Lipinski definition) is 2. The summed E-state index contributed by atoms with van der Waals surface area (Å²) in [5.74, 6) is 0.0357. The average Bonchev–Trinajstić information content (AvgIpc) is 3.12.